The Bertz CT molecular complexity index is 988. The van der Waals surface area contributed by atoms with Crippen molar-refractivity contribution in [3.05, 3.63) is 86.2 Å². The van der Waals surface area contributed by atoms with Crippen molar-refractivity contribution in [2.75, 3.05) is 5.75 Å². The van der Waals surface area contributed by atoms with E-state index < -0.39 is 0 Å². The van der Waals surface area contributed by atoms with Crippen LogP contribution in [0.1, 0.15) is 16.8 Å². The summed E-state index contributed by atoms with van der Waals surface area (Å²) in [6, 6.07) is 18.6. The van der Waals surface area contributed by atoms with Crippen LogP contribution < -0.4 is 5.56 Å². The quantitative estimate of drug-likeness (QED) is 0.376. The minimum atomic E-state index is 0.122. The van der Waals surface area contributed by atoms with E-state index in [1.54, 1.807) is 23.5 Å². The zero-order chi connectivity index (χ0) is 18.6. The number of hydrogen-bond acceptors (Lipinski definition) is 4. The molecule has 0 saturated heterocycles. The van der Waals surface area contributed by atoms with Gasteiger partial charge >= 0.3 is 0 Å². The predicted molar refractivity (Wildman–Crippen MR) is 117 cm³/mol. The van der Waals surface area contributed by atoms with E-state index in [1.807, 2.05) is 34.9 Å². The SMILES string of the molecule is O=c1c2c(nc(SCc3ccc(Br)cc3)n1CCc1ccccc1)CCS2. The summed E-state index contributed by atoms with van der Waals surface area (Å²) in [7, 11) is 0. The maximum Gasteiger partial charge on any atom is 0.268 e. The van der Waals surface area contributed by atoms with Crippen LogP contribution in [0.5, 0.6) is 0 Å². The molecule has 0 fully saturated rings. The molecule has 0 atom stereocenters. The smallest absolute Gasteiger partial charge is 0.268 e. The predicted octanol–water partition coefficient (Wildman–Crippen LogP) is 5.19. The van der Waals surface area contributed by atoms with Gasteiger partial charge < -0.3 is 0 Å². The van der Waals surface area contributed by atoms with Gasteiger partial charge in [-0.3, -0.25) is 9.36 Å². The van der Waals surface area contributed by atoms with Crippen molar-refractivity contribution in [1.29, 1.82) is 0 Å². The first kappa shape index (κ1) is 18.8. The Morgan fingerprint density at radius 3 is 2.63 bits per heavy atom. The molecule has 0 radical (unpaired) electrons. The molecule has 27 heavy (non-hydrogen) atoms. The van der Waals surface area contributed by atoms with E-state index in [0.29, 0.717) is 6.54 Å². The molecule has 0 unspecified atom stereocenters. The summed E-state index contributed by atoms with van der Waals surface area (Å²) in [5, 5.41) is 0.833. The Morgan fingerprint density at radius 2 is 1.85 bits per heavy atom. The lowest BCUT2D eigenvalue weighted by Crippen LogP contribution is -2.26. The van der Waals surface area contributed by atoms with Gasteiger partial charge in [0.2, 0.25) is 0 Å². The molecule has 3 aromatic rings. The highest BCUT2D eigenvalue weighted by molar-refractivity contribution is 9.10. The largest absolute Gasteiger partial charge is 0.286 e. The summed E-state index contributed by atoms with van der Waals surface area (Å²) in [5.74, 6) is 1.76. The van der Waals surface area contributed by atoms with Crippen LogP contribution in [0.15, 0.2) is 73.9 Å². The normalized spacial score (nSPS) is 12.9. The van der Waals surface area contributed by atoms with Crippen molar-refractivity contribution < 1.29 is 0 Å². The average Bonchev–Trinajstić information content (AvgIpc) is 3.17. The van der Waals surface area contributed by atoms with Gasteiger partial charge in [-0.05, 0) is 29.7 Å². The summed E-state index contributed by atoms with van der Waals surface area (Å²) in [6.45, 7) is 0.659. The van der Waals surface area contributed by atoms with Gasteiger partial charge in [0.15, 0.2) is 5.16 Å². The van der Waals surface area contributed by atoms with Crippen LogP contribution in [0.25, 0.3) is 0 Å². The molecule has 3 nitrogen and oxygen atoms in total. The number of fused-ring (bicyclic) bond motifs is 1. The Hall–Kier alpha value is -1.50. The maximum absolute atomic E-state index is 13.0. The lowest BCUT2D eigenvalue weighted by molar-refractivity contribution is 0.565. The third kappa shape index (κ3) is 4.50. The average molecular weight is 459 g/mol. The number of benzene rings is 2. The molecule has 6 heteroatoms. The molecule has 4 rings (SSSR count). The van der Waals surface area contributed by atoms with Gasteiger partial charge in [0, 0.05) is 28.9 Å². The molecule has 0 bridgehead atoms. The first-order valence-corrected chi connectivity index (χ1v) is 11.6. The second kappa shape index (κ2) is 8.67. The van der Waals surface area contributed by atoms with Crippen LogP contribution in [-0.4, -0.2) is 15.3 Å². The fourth-order valence-electron chi connectivity index (χ4n) is 3.05. The Kier molecular flexibility index (Phi) is 6.05. The number of aromatic nitrogens is 2. The number of nitrogens with zero attached hydrogens (tertiary/aromatic N) is 2. The van der Waals surface area contributed by atoms with Crippen LogP contribution >= 0.6 is 39.5 Å². The van der Waals surface area contributed by atoms with Gasteiger partial charge in [-0.2, -0.15) is 0 Å². The molecular weight excluding hydrogens is 440 g/mol. The van der Waals surface area contributed by atoms with E-state index in [9.17, 15) is 4.79 Å². The van der Waals surface area contributed by atoms with Crippen molar-refractivity contribution in [2.24, 2.45) is 0 Å². The van der Waals surface area contributed by atoms with Crippen LogP contribution in [0, 0.1) is 0 Å². The summed E-state index contributed by atoms with van der Waals surface area (Å²) < 4.78 is 2.94. The zero-order valence-corrected chi connectivity index (χ0v) is 17.9. The molecule has 1 aliphatic heterocycles. The summed E-state index contributed by atoms with van der Waals surface area (Å²) in [6.07, 6.45) is 1.72. The molecule has 1 aromatic heterocycles. The molecule has 2 aromatic carbocycles. The van der Waals surface area contributed by atoms with E-state index >= 15 is 0 Å². The minimum absolute atomic E-state index is 0.122. The van der Waals surface area contributed by atoms with Gasteiger partial charge in [0.25, 0.3) is 5.56 Å². The minimum Gasteiger partial charge on any atom is -0.286 e. The number of hydrogen-bond donors (Lipinski definition) is 0. The lowest BCUT2D eigenvalue weighted by Gasteiger charge is -2.14. The zero-order valence-electron chi connectivity index (χ0n) is 14.7. The Balaban J connectivity index is 1.59. The first-order chi connectivity index (χ1) is 13.2. The fraction of sp³-hybridized carbons (Fsp3) is 0.238. The highest BCUT2D eigenvalue weighted by Crippen LogP contribution is 2.30. The molecule has 138 valence electrons. The molecule has 0 spiro atoms. The van der Waals surface area contributed by atoms with Crippen molar-refractivity contribution in [1.82, 2.24) is 9.55 Å². The van der Waals surface area contributed by atoms with Gasteiger partial charge in [-0.25, -0.2) is 4.98 Å². The Morgan fingerprint density at radius 1 is 1.07 bits per heavy atom. The third-order valence-electron chi connectivity index (χ3n) is 4.50. The highest BCUT2D eigenvalue weighted by atomic mass is 79.9. The second-order valence-electron chi connectivity index (χ2n) is 6.38. The molecule has 0 N–H and O–H groups in total. The fourth-order valence-corrected chi connectivity index (χ4v) is 5.35. The van der Waals surface area contributed by atoms with Crippen molar-refractivity contribution in [3.8, 4) is 0 Å². The maximum atomic E-state index is 13.0. The van der Waals surface area contributed by atoms with Crippen molar-refractivity contribution in [2.45, 2.75) is 35.2 Å². The van der Waals surface area contributed by atoms with Gasteiger partial charge in [0.1, 0.15) is 0 Å². The van der Waals surface area contributed by atoms with Gasteiger partial charge in [-0.1, -0.05) is 70.2 Å². The van der Waals surface area contributed by atoms with Crippen LogP contribution in [0.4, 0.5) is 0 Å². The molecular formula is C21H19BrN2OS2. The molecule has 0 aliphatic carbocycles. The lowest BCUT2D eigenvalue weighted by atomic mass is 10.1. The number of aryl methyl sites for hydroxylation is 2. The number of halogens is 1. The van der Waals surface area contributed by atoms with E-state index in [4.69, 9.17) is 4.98 Å². The van der Waals surface area contributed by atoms with Crippen molar-refractivity contribution in [3.63, 3.8) is 0 Å². The second-order valence-corrected chi connectivity index (χ2v) is 9.34. The number of rotatable bonds is 6. The molecule has 2 heterocycles. The highest BCUT2D eigenvalue weighted by Gasteiger charge is 2.21. The standard InChI is InChI=1S/C21H19BrN2OS2/c22-17-8-6-16(7-9-17)14-27-21-23-18-11-13-26-19(18)20(25)24(21)12-10-15-4-2-1-3-5-15/h1-9H,10-14H2. The van der Waals surface area contributed by atoms with Gasteiger partial charge in [-0.15, -0.1) is 11.8 Å². The summed E-state index contributed by atoms with van der Waals surface area (Å²) in [5.41, 5.74) is 3.55. The van der Waals surface area contributed by atoms with E-state index in [-0.39, 0.29) is 5.56 Å². The van der Waals surface area contributed by atoms with Crippen LogP contribution in [-0.2, 0) is 25.1 Å². The van der Waals surface area contributed by atoms with Gasteiger partial charge in [0.05, 0.1) is 10.6 Å². The first-order valence-electron chi connectivity index (χ1n) is 8.88. The monoisotopic (exact) mass is 458 g/mol. The van der Waals surface area contributed by atoms with E-state index in [1.165, 1.54) is 11.1 Å². The summed E-state index contributed by atoms with van der Waals surface area (Å²) in [4.78, 5) is 18.7. The molecule has 0 saturated carbocycles. The van der Waals surface area contributed by atoms with Crippen LogP contribution in [0.2, 0.25) is 0 Å². The summed E-state index contributed by atoms with van der Waals surface area (Å²) >= 11 is 6.77. The molecule has 1 aliphatic rings. The third-order valence-corrected chi connectivity index (χ3v) is 7.18. The molecule has 0 amide bonds. The van der Waals surface area contributed by atoms with Crippen LogP contribution in [0.3, 0.4) is 0 Å². The van der Waals surface area contributed by atoms with E-state index in [0.717, 1.165) is 44.6 Å². The van der Waals surface area contributed by atoms with E-state index in [2.05, 4.69) is 40.2 Å². The Labute approximate surface area is 175 Å². The topological polar surface area (TPSA) is 34.9 Å². The van der Waals surface area contributed by atoms with Crippen molar-refractivity contribution >= 4 is 39.5 Å². The number of thioether (sulfide) groups is 2.